The monoisotopic (exact) mass is 274 g/mol. The Hall–Kier alpha value is -2.43. The van der Waals surface area contributed by atoms with Crippen molar-refractivity contribution < 1.29 is 8.78 Å². The van der Waals surface area contributed by atoms with Crippen molar-refractivity contribution in [3.8, 4) is 0 Å². The molecule has 3 nitrogen and oxygen atoms in total. The third-order valence-corrected chi connectivity index (χ3v) is 3.31. The Balaban J connectivity index is 2.16. The number of hydrogen-bond donors (Lipinski definition) is 0. The molecule has 0 fully saturated rings. The average molecular weight is 274 g/mol. The highest BCUT2D eigenvalue weighted by Gasteiger charge is 2.11. The molecule has 1 heterocycles. The van der Waals surface area contributed by atoms with E-state index in [0.29, 0.717) is 5.56 Å². The minimum atomic E-state index is -0.645. The third-order valence-electron chi connectivity index (χ3n) is 3.31. The summed E-state index contributed by atoms with van der Waals surface area (Å²) in [5.74, 6) is -1.29. The van der Waals surface area contributed by atoms with Crippen LogP contribution in [0, 0.1) is 11.6 Å². The van der Waals surface area contributed by atoms with Crippen LogP contribution in [0.15, 0.2) is 47.3 Å². The SMILES string of the molecule is Cn1c(=O)n(Cc2cc(F)cc(F)c2)c2ccccc21. The summed E-state index contributed by atoms with van der Waals surface area (Å²) in [6.07, 6.45) is 0. The van der Waals surface area contributed by atoms with Crippen molar-refractivity contribution >= 4 is 11.0 Å². The van der Waals surface area contributed by atoms with Crippen molar-refractivity contribution in [1.82, 2.24) is 9.13 Å². The van der Waals surface area contributed by atoms with E-state index in [4.69, 9.17) is 0 Å². The lowest BCUT2D eigenvalue weighted by Gasteiger charge is -2.04. The van der Waals surface area contributed by atoms with E-state index in [0.717, 1.165) is 17.1 Å². The summed E-state index contributed by atoms with van der Waals surface area (Å²) >= 11 is 0. The normalized spacial score (nSPS) is 11.2. The summed E-state index contributed by atoms with van der Waals surface area (Å²) in [6.45, 7) is 0.134. The standard InChI is InChI=1S/C15H12F2N2O/c1-18-13-4-2-3-5-14(13)19(15(18)20)9-10-6-11(16)8-12(17)7-10/h2-8H,9H2,1H3. The Labute approximate surface area is 113 Å². The van der Waals surface area contributed by atoms with Crippen LogP contribution in [0.25, 0.3) is 11.0 Å². The predicted molar refractivity (Wildman–Crippen MR) is 72.6 cm³/mol. The molecule has 2 aromatic carbocycles. The fourth-order valence-electron chi connectivity index (χ4n) is 2.40. The van der Waals surface area contributed by atoms with Gasteiger partial charge in [-0.05, 0) is 29.8 Å². The van der Waals surface area contributed by atoms with E-state index in [1.165, 1.54) is 21.3 Å². The van der Waals surface area contributed by atoms with Crippen molar-refractivity contribution in [2.45, 2.75) is 6.54 Å². The molecule has 0 aliphatic carbocycles. The van der Waals surface area contributed by atoms with Gasteiger partial charge in [0.15, 0.2) is 0 Å². The molecule has 0 amide bonds. The van der Waals surface area contributed by atoms with Gasteiger partial charge < -0.3 is 0 Å². The van der Waals surface area contributed by atoms with Gasteiger partial charge in [0.2, 0.25) is 0 Å². The second-order valence-electron chi connectivity index (χ2n) is 4.69. The summed E-state index contributed by atoms with van der Waals surface area (Å²) in [5.41, 5.74) is 1.73. The fourth-order valence-corrected chi connectivity index (χ4v) is 2.40. The van der Waals surface area contributed by atoms with E-state index in [9.17, 15) is 13.6 Å². The van der Waals surface area contributed by atoms with Crippen LogP contribution in [0.3, 0.4) is 0 Å². The molecule has 0 radical (unpaired) electrons. The minimum Gasteiger partial charge on any atom is -0.295 e. The van der Waals surface area contributed by atoms with Gasteiger partial charge in [-0.15, -0.1) is 0 Å². The Morgan fingerprint density at radius 1 is 1.00 bits per heavy atom. The zero-order valence-electron chi connectivity index (χ0n) is 10.8. The van der Waals surface area contributed by atoms with Gasteiger partial charge in [-0.1, -0.05) is 12.1 Å². The molecule has 0 saturated carbocycles. The average Bonchev–Trinajstić information content (AvgIpc) is 2.64. The molecule has 0 N–H and O–H groups in total. The fraction of sp³-hybridized carbons (Fsp3) is 0.133. The summed E-state index contributed by atoms with van der Waals surface area (Å²) in [6, 6.07) is 10.6. The maximum atomic E-state index is 13.2. The molecule has 0 bridgehead atoms. The number of aryl methyl sites for hydroxylation is 1. The number of benzene rings is 2. The lowest BCUT2D eigenvalue weighted by atomic mass is 10.2. The Morgan fingerprint density at radius 3 is 2.25 bits per heavy atom. The zero-order chi connectivity index (χ0) is 14.3. The number of rotatable bonds is 2. The quantitative estimate of drug-likeness (QED) is 0.705. The van der Waals surface area contributed by atoms with Crippen LogP contribution in [0.4, 0.5) is 8.78 Å². The van der Waals surface area contributed by atoms with Crippen LogP contribution in [0.5, 0.6) is 0 Å². The maximum Gasteiger partial charge on any atom is 0.329 e. The second-order valence-corrected chi connectivity index (χ2v) is 4.69. The van der Waals surface area contributed by atoms with Gasteiger partial charge in [0.05, 0.1) is 17.6 Å². The molecule has 0 unspecified atom stereocenters. The summed E-state index contributed by atoms with van der Waals surface area (Å²) in [5, 5.41) is 0. The highest BCUT2D eigenvalue weighted by Crippen LogP contribution is 2.15. The highest BCUT2D eigenvalue weighted by molar-refractivity contribution is 5.75. The molecular formula is C15H12F2N2O. The largest absolute Gasteiger partial charge is 0.329 e. The first kappa shape index (κ1) is 12.6. The Bertz CT molecular complexity index is 828. The van der Waals surface area contributed by atoms with Crippen LogP contribution in [-0.4, -0.2) is 9.13 Å². The molecule has 20 heavy (non-hydrogen) atoms. The predicted octanol–water partition coefficient (Wildman–Crippen LogP) is 2.67. The van der Waals surface area contributed by atoms with Crippen LogP contribution in [0.2, 0.25) is 0 Å². The number of nitrogens with zero attached hydrogens (tertiary/aromatic N) is 2. The van der Waals surface area contributed by atoms with Gasteiger partial charge in [0.1, 0.15) is 11.6 Å². The molecule has 0 aliphatic rings. The molecule has 1 aromatic heterocycles. The van der Waals surface area contributed by atoms with Crippen molar-refractivity contribution in [3.63, 3.8) is 0 Å². The number of aromatic nitrogens is 2. The lowest BCUT2D eigenvalue weighted by molar-refractivity contribution is 0.577. The van der Waals surface area contributed by atoms with Crippen LogP contribution >= 0.6 is 0 Å². The lowest BCUT2D eigenvalue weighted by Crippen LogP contribution is -2.22. The number of imidazole rings is 1. The van der Waals surface area contributed by atoms with Gasteiger partial charge >= 0.3 is 5.69 Å². The van der Waals surface area contributed by atoms with Gasteiger partial charge in [-0.2, -0.15) is 0 Å². The number of fused-ring (bicyclic) bond motifs is 1. The minimum absolute atomic E-state index is 0.134. The molecule has 5 heteroatoms. The van der Waals surface area contributed by atoms with E-state index in [-0.39, 0.29) is 12.2 Å². The third kappa shape index (κ3) is 2.01. The van der Waals surface area contributed by atoms with E-state index < -0.39 is 11.6 Å². The van der Waals surface area contributed by atoms with Crippen LogP contribution in [-0.2, 0) is 13.6 Å². The van der Waals surface area contributed by atoms with E-state index in [1.54, 1.807) is 7.05 Å². The topological polar surface area (TPSA) is 26.9 Å². The maximum absolute atomic E-state index is 13.2. The smallest absolute Gasteiger partial charge is 0.295 e. The molecular weight excluding hydrogens is 262 g/mol. The summed E-state index contributed by atoms with van der Waals surface area (Å²) in [7, 11) is 1.67. The van der Waals surface area contributed by atoms with E-state index in [2.05, 4.69) is 0 Å². The first-order valence-corrected chi connectivity index (χ1v) is 6.15. The van der Waals surface area contributed by atoms with Gasteiger partial charge in [-0.25, -0.2) is 13.6 Å². The molecule has 0 saturated heterocycles. The number of halogens is 2. The molecule has 102 valence electrons. The van der Waals surface area contributed by atoms with Crippen LogP contribution < -0.4 is 5.69 Å². The van der Waals surface area contributed by atoms with Crippen molar-refractivity contribution in [2.75, 3.05) is 0 Å². The second kappa shape index (κ2) is 4.59. The van der Waals surface area contributed by atoms with Crippen molar-refractivity contribution in [3.05, 3.63) is 70.1 Å². The zero-order valence-corrected chi connectivity index (χ0v) is 10.8. The summed E-state index contributed by atoms with van der Waals surface area (Å²) in [4.78, 5) is 12.2. The Morgan fingerprint density at radius 2 is 1.60 bits per heavy atom. The molecule has 3 rings (SSSR count). The Kier molecular flexibility index (Phi) is 2.89. The number of para-hydroxylation sites is 2. The van der Waals surface area contributed by atoms with Crippen molar-refractivity contribution in [1.29, 1.82) is 0 Å². The van der Waals surface area contributed by atoms with E-state index in [1.807, 2.05) is 24.3 Å². The number of hydrogen-bond acceptors (Lipinski definition) is 1. The first-order valence-electron chi connectivity index (χ1n) is 6.15. The van der Waals surface area contributed by atoms with Gasteiger partial charge in [0.25, 0.3) is 0 Å². The van der Waals surface area contributed by atoms with E-state index >= 15 is 0 Å². The van der Waals surface area contributed by atoms with Crippen LogP contribution in [0.1, 0.15) is 5.56 Å². The van der Waals surface area contributed by atoms with Gasteiger partial charge in [-0.3, -0.25) is 9.13 Å². The molecule has 0 spiro atoms. The molecule has 0 atom stereocenters. The molecule has 0 aliphatic heterocycles. The van der Waals surface area contributed by atoms with Crippen molar-refractivity contribution in [2.24, 2.45) is 7.05 Å². The first-order chi connectivity index (χ1) is 9.56. The highest BCUT2D eigenvalue weighted by atomic mass is 19.1. The van der Waals surface area contributed by atoms with Gasteiger partial charge in [0, 0.05) is 13.1 Å². The molecule has 3 aromatic rings. The summed E-state index contributed by atoms with van der Waals surface area (Å²) < 4.78 is 29.5.